The molecule has 0 saturated carbocycles. The first-order chi connectivity index (χ1) is 21.2. The summed E-state index contributed by atoms with van der Waals surface area (Å²) in [6.45, 7) is 1.92. The van der Waals surface area contributed by atoms with Crippen LogP contribution in [0.3, 0.4) is 0 Å². The van der Waals surface area contributed by atoms with Crippen molar-refractivity contribution in [3.8, 4) is 0 Å². The first kappa shape index (κ1) is 27.4. The third kappa shape index (κ3) is 4.89. The molecule has 1 unspecified atom stereocenters. The lowest BCUT2D eigenvalue weighted by Crippen LogP contribution is -2.57. The van der Waals surface area contributed by atoms with Gasteiger partial charge >= 0.3 is 0 Å². The number of morpholine rings is 1. The number of nitrogens with zero attached hydrogens (tertiary/aromatic N) is 7. The SMILES string of the molecule is CN1CCC/C1=N\c1ncnc2c1ncn2[C@H]1CN(C(c2ccccc2)(c2ccccc2)c2ccccc2)CC(CO)O1. The average molecular weight is 574 g/mol. The van der Waals surface area contributed by atoms with E-state index in [4.69, 9.17) is 14.7 Å². The van der Waals surface area contributed by atoms with Gasteiger partial charge in [-0.1, -0.05) is 91.0 Å². The number of hydrogen-bond acceptors (Lipinski definition) is 7. The van der Waals surface area contributed by atoms with Gasteiger partial charge in [-0.15, -0.1) is 0 Å². The van der Waals surface area contributed by atoms with Crippen molar-refractivity contribution in [2.75, 3.05) is 33.3 Å². The molecule has 5 aromatic rings. The molecule has 0 spiro atoms. The summed E-state index contributed by atoms with van der Waals surface area (Å²) in [7, 11) is 2.06. The van der Waals surface area contributed by atoms with Crippen molar-refractivity contribution in [2.45, 2.75) is 30.7 Å². The van der Waals surface area contributed by atoms with Gasteiger partial charge < -0.3 is 14.7 Å². The monoisotopic (exact) mass is 573 g/mol. The van der Waals surface area contributed by atoms with E-state index in [1.165, 1.54) is 0 Å². The smallest absolute Gasteiger partial charge is 0.185 e. The Bertz CT molecular complexity index is 1610. The molecule has 218 valence electrons. The fraction of sp³-hybridized carbons (Fsp3) is 0.294. The van der Waals surface area contributed by atoms with E-state index in [0.29, 0.717) is 30.1 Å². The maximum Gasteiger partial charge on any atom is 0.185 e. The van der Waals surface area contributed by atoms with Gasteiger partial charge in [0, 0.05) is 33.1 Å². The van der Waals surface area contributed by atoms with Crippen LogP contribution < -0.4 is 0 Å². The van der Waals surface area contributed by atoms with Gasteiger partial charge in [-0.2, -0.15) is 0 Å². The van der Waals surface area contributed by atoms with Gasteiger partial charge in [-0.05, 0) is 23.1 Å². The lowest BCUT2D eigenvalue weighted by Gasteiger charge is -2.50. The molecule has 0 bridgehead atoms. The minimum Gasteiger partial charge on any atom is -0.394 e. The maximum absolute atomic E-state index is 10.5. The van der Waals surface area contributed by atoms with Crippen LogP contribution in [0.15, 0.2) is 109 Å². The molecule has 0 radical (unpaired) electrons. The van der Waals surface area contributed by atoms with Gasteiger partial charge in [-0.25, -0.2) is 19.9 Å². The third-order valence-corrected chi connectivity index (χ3v) is 8.62. The van der Waals surface area contributed by atoms with E-state index < -0.39 is 17.9 Å². The molecule has 4 heterocycles. The van der Waals surface area contributed by atoms with Crippen molar-refractivity contribution in [3.63, 3.8) is 0 Å². The number of imidazole rings is 1. The molecule has 1 N–H and O–H groups in total. The summed E-state index contributed by atoms with van der Waals surface area (Å²) in [5, 5.41) is 10.5. The molecule has 7 rings (SSSR count). The van der Waals surface area contributed by atoms with Crippen molar-refractivity contribution in [2.24, 2.45) is 4.99 Å². The Kier molecular flexibility index (Phi) is 7.44. The Balaban J connectivity index is 1.36. The first-order valence-corrected chi connectivity index (χ1v) is 14.8. The summed E-state index contributed by atoms with van der Waals surface area (Å²) in [6, 6.07) is 31.8. The normalized spacial score (nSPS) is 20.7. The van der Waals surface area contributed by atoms with Gasteiger partial charge in [0.2, 0.25) is 0 Å². The van der Waals surface area contributed by atoms with E-state index in [0.717, 1.165) is 41.9 Å². The number of fused-ring (bicyclic) bond motifs is 1. The molecular formula is C34H35N7O2. The lowest BCUT2D eigenvalue weighted by atomic mass is 9.75. The predicted octanol–water partition coefficient (Wildman–Crippen LogP) is 4.77. The van der Waals surface area contributed by atoms with Crippen LogP contribution in [0.4, 0.5) is 5.82 Å². The number of ether oxygens (including phenoxy) is 1. The lowest BCUT2D eigenvalue weighted by molar-refractivity contribution is -0.148. The Morgan fingerprint density at radius 2 is 1.49 bits per heavy atom. The number of benzene rings is 3. The zero-order valence-electron chi connectivity index (χ0n) is 24.2. The van der Waals surface area contributed by atoms with Gasteiger partial charge in [0.25, 0.3) is 0 Å². The van der Waals surface area contributed by atoms with E-state index in [1.807, 2.05) is 22.8 Å². The number of likely N-dealkylation sites (tertiary alicyclic amines) is 1. The van der Waals surface area contributed by atoms with Crippen LogP contribution in [0.5, 0.6) is 0 Å². The first-order valence-electron chi connectivity index (χ1n) is 14.8. The van der Waals surface area contributed by atoms with Crippen molar-refractivity contribution >= 4 is 22.8 Å². The summed E-state index contributed by atoms with van der Waals surface area (Å²) < 4.78 is 8.50. The van der Waals surface area contributed by atoms with E-state index in [1.54, 1.807) is 12.7 Å². The van der Waals surface area contributed by atoms with E-state index in [-0.39, 0.29) is 6.61 Å². The second-order valence-electron chi connectivity index (χ2n) is 11.2. The molecule has 2 aliphatic rings. The van der Waals surface area contributed by atoms with Crippen LogP contribution >= 0.6 is 0 Å². The number of rotatable bonds is 7. The standard InChI is InChI=1S/C34H35N7O2/c1-39-19-11-18-29(39)38-32-31-33(36-23-35-32)41(24-37-31)30-21-40(20-28(22-42)43-30)34(25-12-5-2-6-13-25,26-14-7-3-8-15-26)27-16-9-4-10-17-27/h2-10,12-17,23-24,28,30,42H,11,18-22H2,1H3/b38-29+/t28?,30-/m1/s1. The molecule has 43 heavy (non-hydrogen) atoms. The molecule has 2 aromatic heterocycles. The van der Waals surface area contributed by atoms with Gasteiger partial charge in [0.05, 0.1) is 24.6 Å². The maximum atomic E-state index is 10.5. The summed E-state index contributed by atoms with van der Waals surface area (Å²) in [6.07, 6.45) is 4.41. The molecule has 3 aromatic carbocycles. The highest BCUT2D eigenvalue weighted by Crippen LogP contribution is 2.45. The van der Waals surface area contributed by atoms with Gasteiger partial charge in [0.1, 0.15) is 18.4 Å². The number of aliphatic hydroxyl groups excluding tert-OH is 1. The van der Waals surface area contributed by atoms with Crippen LogP contribution in [-0.4, -0.2) is 79.7 Å². The summed E-state index contributed by atoms with van der Waals surface area (Å²) in [4.78, 5) is 23.3. The highest BCUT2D eigenvalue weighted by Gasteiger charge is 2.46. The largest absolute Gasteiger partial charge is 0.394 e. The number of aliphatic imine (C=N–C) groups is 1. The summed E-state index contributed by atoms with van der Waals surface area (Å²) in [5.41, 5.74) is 4.07. The summed E-state index contributed by atoms with van der Waals surface area (Å²) >= 11 is 0. The zero-order valence-corrected chi connectivity index (χ0v) is 24.2. The molecule has 9 heteroatoms. The molecular weight excluding hydrogens is 538 g/mol. The molecule has 2 atom stereocenters. The van der Waals surface area contributed by atoms with Crippen LogP contribution in [0.25, 0.3) is 11.2 Å². The van der Waals surface area contributed by atoms with Crippen LogP contribution in [0, 0.1) is 0 Å². The van der Waals surface area contributed by atoms with Gasteiger partial charge in [-0.3, -0.25) is 9.47 Å². The zero-order chi connectivity index (χ0) is 29.2. The van der Waals surface area contributed by atoms with Crippen LogP contribution in [-0.2, 0) is 10.3 Å². The quantitative estimate of drug-likeness (QED) is 0.281. The van der Waals surface area contributed by atoms with E-state index in [2.05, 4.69) is 99.6 Å². The number of hydrogen-bond donors (Lipinski definition) is 1. The van der Waals surface area contributed by atoms with Crippen molar-refractivity contribution < 1.29 is 9.84 Å². The molecule has 2 saturated heterocycles. The Labute approximate surface area is 251 Å². The van der Waals surface area contributed by atoms with Crippen molar-refractivity contribution in [1.29, 1.82) is 0 Å². The molecule has 2 fully saturated rings. The van der Waals surface area contributed by atoms with E-state index >= 15 is 0 Å². The third-order valence-electron chi connectivity index (χ3n) is 8.62. The van der Waals surface area contributed by atoms with E-state index in [9.17, 15) is 5.11 Å². The highest BCUT2D eigenvalue weighted by molar-refractivity contribution is 5.90. The second kappa shape index (κ2) is 11.7. The molecule has 0 amide bonds. The minimum atomic E-state index is -0.644. The van der Waals surface area contributed by atoms with Crippen molar-refractivity contribution in [1.82, 2.24) is 29.3 Å². The average Bonchev–Trinajstić information content (AvgIpc) is 3.69. The van der Waals surface area contributed by atoms with Crippen LogP contribution in [0.1, 0.15) is 35.8 Å². The molecule has 2 aliphatic heterocycles. The Morgan fingerprint density at radius 3 is 2.05 bits per heavy atom. The Morgan fingerprint density at radius 1 is 0.860 bits per heavy atom. The molecule has 0 aliphatic carbocycles. The van der Waals surface area contributed by atoms with Crippen molar-refractivity contribution in [3.05, 3.63) is 120 Å². The number of aliphatic hydroxyl groups is 1. The molecule has 9 nitrogen and oxygen atoms in total. The fourth-order valence-corrected chi connectivity index (χ4v) is 6.62. The van der Waals surface area contributed by atoms with Crippen LogP contribution in [0.2, 0.25) is 0 Å². The fourth-order valence-electron chi connectivity index (χ4n) is 6.62. The predicted molar refractivity (Wildman–Crippen MR) is 166 cm³/mol. The minimum absolute atomic E-state index is 0.117. The second-order valence-corrected chi connectivity index (χ2v) is 11.2. The topological polar surface area (TPSA) is 91.9 Å². The Hall–Kier alpha value is -4.44. The highest BCUT2D eigenvalue weighted by atomic mass is 16.5. The summed E-state index contributed by atoms with van der Waals surface area (Å²) in [5.74, 6) is 1.57. The number of amidine groups is 1. The van der Waals surface area contributed by atoms with Gasteiger partial charge in [0.15, 0.2) is 17.0 Å². The number of aromatic nitrogens is 4.